The molecule has 1 fully saturated rings. The minimum atomic E-state index is -4.10. The maximum Gasteiger partial charge on any atom is 0.283 e. The number of sulfonamides is 1. The predicted molar refractivity (Wildman–Crippen MR) is 128 cm³/mol. The van der Waals surface area contributed by atoms with Gasteiger partial charge in [-0.25, -0.2) is 8.42 Å². The molecule has 0 atom stereocenters. The molecule has 2 aromatic carbocycles. The number of carbonyl (C=O) groups excluding carboxylic acids is 1. The summed E-state index contributed by atoms with van der Waals surface area (Å²) in [5.74, 6) is -0.581. The topological polar surface area (TPSA) is 70.1 Å². The molecule has 0 bridgehead atoms. The van der Waals surface area contributed by atoms with Crippen LogP contribution in [0.2, 0.25) is 0 Å². The van der Waals surface area contributed by atoms with Crippen molar-refractivity contribution in [2.75, 3.05) is 18.0 Å². The first-order valence-electron chi connectivity index (χ1n) is 9.66. The van der Waals surface area contributed by atoms with E-state index in [4.69, 9.17) is 0 Å². The number of carbonyl (C=O) groups is 1. The summed E-state index contributed by atoms with van der Waals surface area (Å²) in [5.41, 5.74) is 1.94. The Labute approximate surface area is 190 Å². The number of hydrogen-bond acceptors (Lipinski definition) is 7. The lowest BCUT2D eigenvalue weighted by Crippen LogP contribution is -2.36. The predicted octanol–water partition coefficient (Wildman–Crippen LogP) is 4.60. The van der Waals surface area contributed by atoms with Gasteiger partial charge in [-0.05, 0) is 49.9 Å². The number of amides is 1. The highest BCUT2D eigenvalue weighted by Crippen LogP contribution is 2.51. The van der Waals surface area contributed by atoms with Gasteiger partial charge in [0, 0.05) is 11.4 Å². The van der Waals surface area contributed by atoms with Gasteiger partial charge in [0.15, 0.2) is 5.17 Å². The summed E-state index contributed by atoms with van der Waals surface area (Å²) in [6.07, 6.45) is 1.57. The molecule has 31 heavy (non-hydrogen) atoms. The fourth-order valence-electron chi connectivity index (χ4n) is 3.28. The lowest BCUT2D eigenvalue weighted by atomic mass is 10.2. The highest BCUT2D eigenvalue weighted by molar-refractivity contribution is 8.20. The van der Waals surface area contributed by atoms with Crippen LogP contribution >= 0.6 is 23.5 Å². The molecule has 2 aliphatic rings. The molecule has 2 heterocycles. The Morgan fingerprint density at radius 3 is 2.48 bits per heavy atom. The zero-order valence-corrected chi connectivity index (χ0v) is 19.6. The van der Waals surface area contributed by atoms with Crippen LogP contribution in [0.15, 0.2) is 85.9 Å². The highest BCUT2D eigenvalue weighted by Gasteiger charge is 2.45. The third-order valence-corrected chi connectivity index (χ3v) is 8.96. The second-order valence-electron chi connectivity index (χ2n) is 6.85. The Morgan fingerprint density at radius 1 is 1.10 bits per heavy atom. The van der Waals surface area contributed by atoms with Crippen molar-refractivity contribution in [3.8, 4) is 0 Å². The number of thioether (sulfide) groups is 2. The van der Waals surface area contributed by atoms with Crippen molar-refractivity contribution >= 4 is 50.3 Å². The van der Waals surface area contributed by atoms with Crippen LogP contribution in [0.25, 0.3) is 0 Å². The second kappa shape index (κ2) is 8.57. The number of aryl methyl sites for hydroxylation is 1. The minimum absolute atomic E-state index is 0.0549. The van der Waals surface area contributed by atoms with Crippen LogP contribution in [-0.2, 0) is 14.8 Å². The summed E-state index contributed by atoms with van der Waals surface area (Å²) in [4.78, 5) is 21.3. The first-order valence-corrected chi connectivity index (χ1v) is 12.7. The van der Waals surface area contributed by atoms with Crippen LogP contribution < -0.4 is 4.90 Å². The normalized spacial score (nSPS) is 19.9. The van der Waals surface area contributed by atoms with E-state index < -0.39 is 15.9 Å². The third kappa shape index (κ3) is 3.81. The first kappa shape index (κ1) is 21.7. The molecular weight excluding hydrogens is 450 g/mol. The van der Waals surface area contributed by atoms with Crippen LogP contribution in [0.1, 0.15) is 12.5 Å². The Kier molecular flexibility index (Phi) is 6.00. The van der Waals surface area contributed by atoms with Crippen LogP contribution in [0, 0.1) is 6.92 Å². The van der Waals surface area contributed by atoms with Crippen molar-refractivity contribution < 1.29 is 13.2 Å². The average molecular weight is 472 g/mol. The number of anilines is 1. The molecule has 1 saturated heterocycles. The summed E-state index contributed by atoms with van der Waals surface area (Å²) >= 11 is 2.57. The van der Waals surface area contributed by atoms with Gasteiger partial charge in [-0.15, -0.1) is 6.58 Å². The van der Waals surface area contributed by atoms with Crippen molar-refractivity contribution in [3.05, 3.63) is 76.7 Å². The van der Waals surface area contributed by atoms with E-state index >= 15 is 0 Å². The largest absolute Gasteiger partial charge is 0.334 e. The number of benzene rings is 2. The van der Waals surface area contributed by atoms with E-state index in [0.717, 1.165) is 37.2 Å². The summed E-state index contributed by atoms with van der Waals surface area (Å²) in [6.45, 7) is 8.39. The average Bonchev–Trinajstić information content (AvgIpc) is 3.29. The molecule has 2 aromatic rings. The molecule has 0 spiro atoms. The Balaban J connectivity index is 1.82. The third-order valence-electron chi connectivity index (χ3n) is 4.78. The number of fused-ring (bicyclic) bond motifs is 1. The van der Waals surface area contributed by atoms with Gasteiger partial charge in [0.05, 0.1) is 17.1 Å². The van der Waals surface area contributed by atoms with Crippen LogP contribution in [0.5, 0.6) is 0 Å². The van der Waals surface area contributed by atoms with E-state index in [1.54, 1.807) is 18.2 Å². The Hall–Kier alpha value is -2.49. The molecule has 0 aromatic heterocycles. The standard InChI is InChI=1S/C22H21N3O3S3/c1-4-14-23-22-25(31(27,28)16-12-10-15(3)11-13-16)20(26)19(30-22)21-24(5-2)17-8-6-7-9-18(17)29-21/h4,6-13H,1,5,14H2,2-3H3. The molecule has 2 aliphatic heterocycles. The second-order valence-corrected chi connectivity index (χ2v) is 10.6. The molecule has 0 radical (unpaired) electrons. The molecule has 160 valence electrons. The van der Waals surface area contributed by atoms with Gasteiger partial charge < -0.3 is 4.90 Å². The van der Waals surface area contributed by atoms with E-state index in [2.05, 4.69) is 11.6 Å². The van der Waals surface area contributed by atoms with Gasteiger partial charge >= 0.3 is 0 Å². The molecule has 4 rings (SSSR count). The molecule has 9 heteroatoms. The first-order chi connectivity index (χ1) is 14.9. The van der Waals surface area contributed by atoms with Crippen LogP contribution in [0.4, 0.5) is 5.69 Å². The zero-order valence-electron chi connectivity index (χ0n) is 17.1. The fraction of sp³-hybridized carbons (Fsp3) is 0.182. The maximum absolute atomic E-state index is 13.5. The van der Waals surface area contributed by atoms with E-state index in [1.807, 2.05) is 43.0 Å². The van der Waals surface area contributed by atoms with Crippen LogP contribution in [0.3, 0.4) is 0 Å². The molecule has 0 saturated carbocycles. The van der Waals surface area contributed by atoms with Gasteiger partial charge in [0.1, 0.15) is 9.93 Å². The molecule has 0 N–H and O–H groups in total. The van der Waals surface area contributed by atoms with E-state index in [0.29, 0.717) is 11.4 Å². The van der Waals surface area contributed by atoms with Crippen molar-refractivity contribution in [2.45, 2.75) is 23.6 Å². The van der Waals surface area contributed by atoms with Crippen molar-refractivity contribution in [1.29, 1.82) is 0 Å². The van der Waals surface area contributed by atoms with Gasteiger partial charge in [-0.3, -0.25) is 9.79 Å². The minimum Gasteiger partial charge on any atom is -0.334 e. The van der Waals surface area contributed by atoms with Gasteiger partial charge in [0.2, 0.25) is 0 Å². The molecular formula is C22H21N3O3S3. The quantitative estimate of drug-likeness (QED) is 0.469. The van der Waals surface area contributed by atoms with E-state index in [9.17, 15) is 13.2 Å². The lowest BCUT2D eigenvalue weighted by Gasteiger charge is -2.19. The number of amidine groups is 1. The number of nitrogens with zero attached hydrogens (tertiary/aromatic N) is 3. The highest BCUT2D eigenvalue weighted by atomic mass is 32.2. The van der Waals surface area contributed by atoms with Gasteiger partial charge in [0.25, 0.3) is 15.9 Å². The zero-order chi connectivity index (χ0) is 22.2. The number of aliphatic imine (C=N–C) groups is 1. The number of hydrogen-bond donors (Lipinski definition) is 0. The van der Waals surface area contributed by atoms with Crippen LogP contribution in [-0.4, -0.2) is 36.9 Å². The van der Waals surface area contributed by atoms with Gasteiger partial charge in [-0.2, -0.15) is 4.31 Å². The summed E-state index contributed by atoms with van der Waals surface area (Å²) in [5, 5.41) is 0.868. The summed E-state index contributed by atoms with van der Waals surface area (Å²) in [6, 6.07) is 14.3. The molecule has 6 nitrogen and oxygen atoms in total. The van der Waals surface area contributed by atoms with E-state index in [-0.39, 0.29) is 16.6 Å². The number of rotatable bonds is 5. The molecule has 1 amide bonds. The summed E-state index contributed by atoms with van der Waals surface area (Å²) < 4.78 is 27.6. The smallest absolute Gasteiger partial charge is 0.283 e. The lowest BCUT2D eigenvalue weighted by molar-refractivity contribution is -0.119. The molecule has 0 unspecified atom stereocenters. The fourth-order valence-corrected chi connectivity index (χ4v) is 7.27. The monoisotopic (exact) mass is 471 g/mol. The van der Waals surface area contributed by atoms with E-state index in [1.165, 1.54) is 23.9 Å². The Morgan fingerprint density at radius 2 is 1.81 bits per heavy atom. The maximum atomic E-state index is 13.5. The number of para-hydroxylation sites is 1. The molecule has 0 aliphatic carbocycles. The van der Waals surface area contributed by atoms with Crippen molar-refractivity contribution in [3.63, 3.8) is 0 Å². The van der Waals surface area contributed by atoms with Crippen molar-refractivity contribution in [1.82, 2.24) is 4.31 Å². The Bertz CT molecular complexity index is 1220. The van der Waals surface area contributed by atoms with Gasteiger partial charge in [-0.1, -0.05) is 47.7 Å². The summed E-state index contributed by atoms with van der Waals surface area (Å²) in [7, 11) is -4.10. The van der Waals surface area contributed by atoms with Crippen molar-refractivity contribution in [2.24, 2.45) is 4.99 Å². The SMILES string of the molecule is C=CCN=C1SC(=C2Sc3ccccc3N2CC)C(=O)N1S(=O)(=O)c1ccc(C)cc1.